The van der Waals surface area contributed by atoms with Gasteiger partial charge in [0.15, 0.2) is 0 Å². The van der Waals surface area contributed by atoms with Crippen molar-refractivity contribution in [3.8, 4) is 0 Å². The van der Waals surface area contributed by atoms with Gasteiger partial charge in [0.2, 0.25) is 0 Å². The van der Waals surface area contributed by atoms with Crippen LogP contribution in [0.15, 0.2) is 105 Å². The zero-order valence-corrected chi connectivity index (χ0v) is 21.7. The highest BCUT2D eigenvalue weighted by atomic mass is 32.2. The highest BCUT2D eigenvalue weighted by Gasteiger charge is 2.59. The van der Waals surface area contributed by atoms with E-state index in [1.807, 2.05) is 0 Å². The van der Waals surface area contributed by atoms with Crippen molar-refractivity contribution in [3.63, 3.8) is 0 Å². The van der Waals surface area contributed by atoms with E-state index >= 15 is 0 Å². The van der Waals surface area contributed by atoms with E-state index in [1.54, 1.807) is 22.3 Å². The molecule has 2 heteroatoms. The number of hydrogen-bond donors (Lipinski definition) is 0. The van der Waals surface area contributed by atoms with Gasteiger partial charge in [-0.1, -0.05) is 74.5 Å². The van der Waals surface area contributed by atoms with Crippen LogP contribution in [-0.4, -0.2) is 9.49 Å². The van der Waals surface area contributed by atoms with Crippen molar-refractivity contribution in [2.24, 2.45) is 0 Å². The van der Waals surface area contributed by atoms with Crippen molar-refractivity contribution in [3.05, 3.63) is 116 Å². The Labute approximate surface area is 207 Å². The summed E-state index contributed by atoms with van der Waals surface area (Å²) in [5.41, 5.74) is 9.42. The van der Waals surface area contributed by atoms with Gasteiger partial charge >= 0.3 is 0 Å². The number of thioether (sulfide) groups is 2. The molecule has 1 fully saturated rings. The fraction of sp³-hybridized carbons (Fsp3) is 0.355. The molecule has 1 saturated carbocycles. The van der Waals surface area contributed by atoms with Gasteiger partial charge in [-0.2, -0.15) is 0 Å². The second kappa shape index (κ2) is 7.82. The summed E-state index contributed by atoms with van der Waals surface area (Å²) in [4.78, 5) is 3.06. The fourth-order valence-electron chi connectivity index (χ4n) is 6.24. The number of rotatable bonds is 4. The third-order valence-corrected chi connectivity index (χ3v) is 12.1. The summed E-state index contributed by atoms with van der Waals surface area (Å²) in [6.45, 7) is 9.84. The molecule has 0 unspecified atom stereocenters. The quantitative estimate of drug-likeness (QED) is 0.439. The Morgan fingerprint density at radius 2 is 1.03 bits per heavy atom. The van der Waals surface area contributed by atoms with Gasteiger partial charge in [-0.3, -0.25) is 0 Å². The van der Waals surface area contributed by atoms with Crippen molar-refractivity contribution in [2.45, 2.75) is 68.3 Å². The Hall–Kier alpha value is -1.90. The van der Waals surface area contributed by atoms with E-state index < -0.39 is 0 Å². The minimum absolute atomic E-state index is 0.0726. The predicted molar refractivity (Wildman–Crippen MR) is 146 cm³/mol. The molecule has 4 aliphatic rings. The Balaban J connectivity index is 1.42. The van der Waals surface area contributed by atoms with Crippen LogP contribution in [0.2, 0.25) is 0 Å². The molecular weight excluding hydrogens is 436 g/mol. The molecule has 2 heterocycles. The van der Waals surface area contributed by atoms with E-state index in [0.717, 1.165) is 0 Å². The molecule has 2 aliphatic heterocycles. The molecule has 4 atom stereocenters. The number of benzene rings is 2. The fourth-order valence-corrected chi connectivity index (χ4v) is 9.60. The minimum atomic E-state index is 0.0726. The normalized spacial score (nSPS) is 29.9. The van der Waals surface area contributed by atoms with Crippen LogP contribution in [0.25, 0.3) is 0 Å². The highest BCUT2D eigenvalue weighted by Crippen LogP contribution is 2.70. The molecule has 6 rings (SSSR count). The Morgan fingerprint density at radius 3 is 1.42 bits per heavy atom. The molecule has 0 amide bonds. The second-order valence-electron chi connectivity index (χ2n) is 10.3. The van der Waals surface area contributed by atoms with Gasteiger partial charge in [0.25, 0.3) is 0 Å². The molecule has 2 aromatic rings. The van der Waals surface area contributed by atoms with E-state index in [9.17, 15) is 0 Å². The molecule has 0 radical (unpaired) electrons. The van der Waals surface area contributed by atoms with Gasteiger partial charge in [0.1, 0.15) is 0 Å². The lowest BCUT2D eigenvalue weighted by molar-refractivity contribution is 0.607. The standard InChI is InChI=1S/C31H32S2/c1-20(22-12-7-5-8-13-22)28-18-26-24-16-11-17-25(24)27-19-29(21(2)23-14-9-6-10-15-23)33-31(27,4)30(26,3)32-28/h5-10,12-15,18-21H,11,16-17H2,1-4H3/t20-,21-,30+,31+/m1/s1. The lowest BCUT2D eigenvalue weighted by atomic mass is 9.72. The lowest BCUT2D eigenvalue weighted by Gasteiger charge is -2.47. The molecule has 0 N–H and O–H groups in total. The van der Waals surface area contributed by atoms with Crippen LogP contribution in [0.5, 0.6) is 0 Å². The van der Waals surface area contributed by atoms with Gasteiger partial charge in [0.05, 0.1) is 9.49 Å². The second-order valence-corrected chi connectivity index (χ2v) is 13.3. The average Bonchev–Trinajstić information content (AvgIpc) is 3.55. The minimum Gasteiger partial charge on any atom is -0.117 e. The zero-order chi connectivity index (χ0) is 22.8. The molecule has 0 aromatic heterocycles. The molecule has 2 aliphatic carbocycles. The third kappa shape index (κ3) is 3.13. The summed E-state index contributed by atoms with van der Waals surface area (Å²) in [6, 6.07) is 22.1. The molecule has 0 nitrogen and oxygen atoms in total. The molecule has 33 heavy (non-hydrogen) atoms. The van der Waals surface area contributed by atoms with E-state index in [1.165, 1.54) is 40.2 Å². The first-order valence-corrected chi connectivity index (χ1v) is 13.9. The van der Waals surface area contributed by atoms with Crippen LogP contribution in [-0.2, 0) is 0 Å². The summed E-state index contributed by atoms with van der Waals surface area (Å²) in [5, 5.41) is 0. The monoisotopic (exact) mass is 468 g/mol. The first-order chi connectivity index (χ1) is 15.9. The molecule has 2 aromatic carbocycles. The summed E-state index contributed by atoms with van der Waals surface area (Å²) in [5.74, 6) is 0.872. The maximum absolute atomic E-state index is 2.59. The van der Waals surface area contributed by atoms with Crippen LogP contribution >= 0.6 is 23.5 Å². The maximum Gasteiger partial charge on any atom is 0.0615 e. The van der Waals surface area contributed by atoms with Gasteiger partial charge < -0.3 is 0 Å². The van der Waals surface area contributed by atoms with Gasteiger partial charge in [0, 0.05) is 11.8 Å². The highest BCUT2D eigenvalue weighted by molar-refractivity contribution is 8.09. The molecule has 0 bridgehead atoms. The summed E-state index contributed by atoms with van der Waals surface area (Å²) in [7, 11) is 0. The van der Waals surface area contributed by atoms with Crippen LogP contribution in [0.4, 0.5) is 0 Å². The first kappa shape index (κ1) is 21.6. The zero-order valence-electron chi connectivity index (χ0n) is 20.0. The van der Waals surface area contributed by atoms with Crippen molar-refractivity contribution < 1.29 is 0 Å². The third-order valence-electron chi connectivity index (χ3n) is 8.48. The Morgan fingerprint density at radius 1 is 0.636 bits per heavy atom. The smallest absolute Gasteiger partial charge is 0.0615 e. The molecule has 168 valence electrons. The number of allylic oxidation sites excluding steroid dienone is 6. The van der Waals surface area contributed by atoms with Gasteiger partial charge in [-0.15, -0.1) is 23.5 Å². The van der Waals surface area contributed by atoms with Crippen molar-refractivity contribution in [1.29, 1.82) is 0 Å². The van der Waals surface area contributed by atoms with Crippen LogP contribution in [0.3, 0.4) is 0 Å². The van der Waals surface area contributed by atoms with Crippen LogP contribution in [0, 0.1) is 0 Å². The predicted octanol–water partition coefficient (Wildman–Crippen LogP) is 9.16. The summed E-state index contributed by atoms with van der Waals surface area (Å²) < 4.78 is 0.145. The Bertz CT molecular complexity index is 1130. The van der Waals surface area contributed by atoms with Crippen molar-refractivity contribution in [1.82, 2.24) is 0 Å². The SMILES string of the molecule is C[C@@H](C1=CC2=C3CCCC3=C3C=C([C@H](C)c4ccccc4)S[C@]3(C)[C@@]2(C)S1)c1ccccc1. The van der Waals surface area contributed by atoms with E-state index in [4.69, 9.17) is 0 Å². The topological polar surface area (TPSA) is 0 Å². The van der Waals surface area contributed by atoms with E-state index in [2.05, 4.69) is 124 Å². The summed E-state index contributed by atoms with van der Waals surface area (Å²) >= 11 is 4.30. The van der Waals surface area contributed by atoms with Crippen molar-refractivity contribution >= 4 is 23.5 Å². The largest absolute Gasteiger partial charge is 0.117 e. The lowest BCUT2D eigenvalue weighted by Crippen LogP contribution is -2.47. The Kier molecular flexibility index (Phi) is 5.12. The van der Waals surface area contributed by atoms with Crippen LogP contribution < -0.4 is 0 Å². The number of fused-ring (bicyclic) bond motifs is 4. The summed E-state index contributed by atoms with van der Waals surface area (Å²) in [6.07, 6.45) is 8.96. The van der Waals surface area contributed by atoms with Gasteiger partial charge in [-0.05, 0) is 88.5 Å². The van der Waals surface area contributed by atoms with Crippen LogP contribution in [0.1, 0.15) is 69.9 Å². The van der Waals surface area contributed by atoms with Gasteiger partial charge in [-0.25, -0.2) is 0 Å². The average molecular weight is 469 g/mol. The molecular formula is C31H32S2. The maximum atomic E-state index is 2.59. The number of hydrogen-bond acceptors (Lipinski definition) is 2. The molecule has 0 saturated heterocycles. The van der Waals surface area contributed by atoms with E-state index in [0.29, 0.717) is 11.8 Å². The van der Waals surface area contributed by atoms with E-state index in [-0.39, 0.29) is 9.49 Å². The van der Waals surface area contributed by atoms with Crippen molar-refractivity contribution in [2.75, 3.05) is 0 Å². The first-order valence-electron chi connectivity index (χ1n) is 12.3. The molecule has 0 spiro atoms.